The van der Waals surface area contributed by atoms with Gasteiger partial charge in [0.2, 0.25) is 0 Å². The van der Waals surface area contributed by atoms with Gasteiger partial charge in [-0.2, -0.15) is 0 Å². The van der Waals surface area contributed by atoms with Crippen molar-refractivity contribution >= 4 is 44.1 Å². The molecule has 5 heterocycles. The van der Waals surface area contributed by atoms with Crippen molar-refractivity contribution in [1.82, 2.24) is 39.9 Å². The van der Waals surface area contributed by atoms with E-state index in [1.54, 1.807) is 0 Å². The summed E-state index contributed by atoms with van der Waals surface area (Å²) in [7, 11) is 0. The molecule has 0 atom stereocenters. The van der Waals surface area contributed by atoms with E-state index in [0.717, 1.165) is 43.8 Å². The van der Waals surface area contributed by atoms with Gasteiger partial charge in [0.15, 0.2) is 23.3 Å². The van der Waals surface area contributed by atoms with Gasteiger partial charge in [0.1, 0.15) is 22.6 Å². The van der Waals surface area contributed by atoms with E-state index in [1.807, 2.05) is 97.1 Å². The molecule has 0 aliphatic carbocycles. The van der Waals surface area contributed by atoms with E-state index in [2.05, 4.69) is 9.97 Å². The summed E-state index contributed by atoms with van der Waals surface area (Å²) < 4.78 is 0. The molecule has 3 aromatic heterocycles. The van der Waals surface area contributed by atoms with Gasteiger partial charge in [0, 0.05) is 78.2 Å². The van der Waals surface area contributed by atoms with Gasteiger partial charge >= 0.3 is 0 Å². The number of hydrogen-bond donors (Lipinski definition) is 2. The maximum atomic E-state index is 5.02. The zero-order valence-corrected chi connectivity index (χ0v) is 23.8. The molecule has 0 saturated heterocycles. The number of nitrogens with zero attached hydrogens (tertiary/aromatic N) is 6. The van der Waals surface area contributed by atoms with Crippen LogP contribution in [-0.2, 0) is 34.4 Å². The smallest absolute Gasteiger partial charge is 0.164 e. The molecule has 203 valence electrons. The number of H-pyrrole nitrogens is 2. The normalized spacial score (nSPS) is 11.4. The SMILES string of the molecule is [Cr].[Cu].c1ccc2c(c1)-c1nc-2nc2[nH]c(nc3nc(nc4[nH]c(n1)c1ccccc41)-c1ccccc1-3)c1ccccc21. The average Bonchev–Trinajstić information content (AvgIpc) is 3.73. The monoisotopic (exact) mass is 629 g/mol. The summed E-state index contributed by atoms with van der Waals surface area (Å²) in [6, 6.07) is 32.2. The molecule has 8 bridgehead atoms. The first-order chi connectivity index (χ1) is 19.8. The van der Waals surface area contributed by atoms with Gasteiger partial charge in [0.05, 0.1) is 0 Å². The van der Waals surface area contributed by atoms with Gasteiger partial charge in [-0.3, -0.25) is 0 Å². The van der Waals surface area contributed by atoms with Crippen LogP contribution in [0.1, 0.15) is 0 Å². The summed E-state index contributed by atoms with van der Waals surface area (Å²) in [5.41, 5.74) is 6.45. The zero-order chi connectivity index (χ0) is 26.2. The third-order valence-corrected chi connectivity index (χ3v) is 7.46. The molecule has 9 rings (SSSR count). The van der Waals surface area contributed by atoms with Gasteiger partial charge in [-0.25, -0.2) is 29.9 Å². The van der Waals surface area contributed by atoms with Crippen LogP contribution in [0.15, 0.2) is 97.1 Å². The fourth-order valence-electron chi connectivity index (χ4n) is 5.59. The van der Waals surface area contributed by atoms with E-state index in [4.69, 9.17) is 29.9 Å². The number of aromatic amines is 2. The van der Waals surface area contributed by atoms with Crippen molar-refractivity contribution in [2.45, 2.75) is 0 Å². The van der Waals surface area contributed by atoms with Crippen LogP contribution in [0.2, 0.25) is 0 Å². The fraction of sp³-hybridized carbons (Fsp3) is 0. The molecule has 2 N–H and O–H groups in total. The average molecular weight is 630 g/mol. The van der Waals surface area contributed by atoms with Crippen molar-refractivity contribution in [3.8, 4) is 45.6 Å². The summed E-state index contributed by atoms with van der Waals surface area (Å²) in [5.74, 6) is 2.39. The third-order valence-electron chi connectivity index (χ3n) is 7.46. The minimum atomic E-state index is 0. The summed E-state index contributed by atoms with van der Waals surface area (Å²) in [6.07, 6.45) is 0. The molecule has 4 aromatic carbocycles. The van der Waals surface area contributed by atoms with Crippen LogP contribution < -0.4 is 0 Å². The molecule has 1 radical (unpaired) electrons. The minimum absolute atomic E-state index is 0. The van der Waals surface area contributed by atoms with Crippen LogP contribution in [-0.4, -0.2) is 39.9 Å². The Morgan fingerprint density at radius 3 is 0.833 bits per heavy atom. The number of hydrogen-bond acceptors (Lipinski definition) is 6. The predicted molar refractivity (Wildman–Crippen MR) is 156 cm³/mol. The fourth-order valence-corrected chi connectivity index (χ4v) is 5.59. The molecular formula is C32H18CrCuN8. The van der Waals surface area contributed by atoms with Crippen LogP contribution in [0.4, 0.5) is 0 Å². The van der Waals surface area contributed by atoms with E-state index in [-0.39, 0.29) is 34.4 Å². The molecule has 7 aromatic rings. The summed E-state index contributed by atoms with van der Waals surface area (Å²) >= 11 is 0. The molecule has 2 aliphatic rings. The molecule has 0 unspecified atom stereocenters. The largest absolute Gasteiger partial charge is 0.324 e. The molecule has 2 aliphatic heterocycles. The summed E-state index contributed by atoms with van der Waals surface area (Å²) in [6.45, 7) is 0. The molecule has 10 heteroatoms. The summed E-state index contributed by atoms with van der Waals surface area (Å²) in [4.78, 5) is 36.8. The standard InChI is InChI=1S/C32H18N8.Cr.Cu/c1-2-10-18-17(9-1)25-33-26(18)38-28-21-13-5-6-14-22(21)30(35-28)40-32-24-16-8-7-15-23(24)31(36-32)39-29-20-12-4-3-11-19(20)27(34-29)37-25;;/h1-16H,(H2,33,34,35,36,37,38,39,40);;. The van der Waals surface area contributed by atoms with E-state index < -0.39 is 0 Å². The van der Waals surface area contributed by atoms with Crippen LogP contribution >= 0.6 is 0 Å². The van der Waals surface area contributed by atoms with Crippen molar-refractivity contribution < 1.29 is 34.4 Å². The van der Waals surface area contributed by atoms with Crippen LogP contribution in [0.25, 0.3) is 89.7 Å². The maximum absolute atomic E-state index is 5.02. The molecule has 0 amide bonds. The molecule has 0 spiro atoms. The third kappa shape index (κ3) is 3.89. The summed E-state index contributed by atoms with van der Waals surface area (Å²) in [5, 5.41) is 3.82. The van der Waals surface area contributed by atoms with Crippen molar-refractivity contribution in [2.75, 3.05) is 0 Å². The topological polar surface area (TPSA) is 109 Å². The Kier molecular flexibility index (Phi) is 6.23. The number of aromatic nitrogens is 8. The first-order valence-electron chi connectivity index (χ1n) is 13.0. The second-order valence-corrected chi connectivity index (χ2v) is 9.79. The first-order valence-corrected chi connectivity index (χ1v) is 13.0. The Morgan fingerprint density at radius 1 is 0.333 bits per heavy atom. The van der Waals surface area contributed by atoms with Crippen molar-refractivity contribution in [3.63, 3.8) is 0 Å². The molecular weight excluding hydrogens is 612 g/mol. The Balaban J connectivity index is 0.00000144. The van der Waals surface area contributed by atoms with Gasteiger partial charge < -0.3 is 9.97 Å². The minimum Gasteiger partial charge on any atom is -0.324 e. The zero-order valence-electron chi connectivity index (χ0n) is 21.6. The second kappa shape index (κ2) is 9.98. The molecule has 0 fully saturated rings. The Hall–Kier alpha value is -4.71. The Bertz CT molecular complexity index is 2040. The van der Waals surface area contributed by atoms with E-state index in [9.17, 15) is 0 Å². The number of nitrogens with one attached hydrogen (secondary N) is 2. The molecule has 42 heavy (non-hydrogen) atoms. The van der Waals surface area contributed by atoms with Gasteiger partial charge in [-0.1, -0.05) is 97.1 Å². The maximum Gasteiger partial charge on any atom is 0.164 e. The quantitative estimate of drug-likeness (QED) is 0.177. The van der Waals surface area contributed by atoms with E-state index >= 15 is 0 Å². The number of rotatable bonds is 0. The second-order valence-electron chi connectivity index (χ2n) is 9.79. The van der Waals surface area contributed by atoms with Gasteiger partial charge in [-0.05, 0) is 0 Å². The van der Waals surface area contributed by atoms with Crippen molar-refractivity contribution in [1.29, 1.82) is 0 Å². The van der Waals surface area contributed by atoms with Crippen molar-refractivity contribution in [2.24, 2.45) is 0 Å². The van der Waals surface area contributed by atoms with Crippen LogP contribution in [0.5, 0.6) is 0 Å². The van der Waals surface area contributed by atoms with Crippen LogP contribution in [0.3, 0.4) is 0 Å². The van der Waals surface area contributed by atoms with Gasteiger partial charge in [0.25, 0.3) is 0 Å². The van der Waals surface area contributed by atoms with E-state index in [0.29, 0.717) is 45.9 Å². The molecule has 0 saturated carbocycles. The Labute approximate surface area is 260 Å². The predicted octanol–water partition coefficient (Wildman–Crippen LogP) is 6.86. The van der Waals surface area contributed by atoms with Crippen LogP contribution in [0, 0.1) is 0 Å². The van der Waals surface area contributed by atoms with Gasteiger partial charge in [-0.15, -0.1) is 0 Å². The molecule has 8 nitrogen and oxygen atoms in total. The Morgan fingerprint density at radius 2 is 0.571 bits per heavy atom. The first kappa shape index (κ1) is 26.2. The number of fused-ring (bicyclic) bond motifs is 20. The number of benzene rings is 4. The van der Waals surface area contributed by atoms with Crippen molar-refractivity contribution in [3.05, 3.63) is 97.1 Å². The van der Waals surface area contributed by atoms with E-state index in [1.165, 1.54) is 0 Å².